The number of hydrogen-bond acceptors (Lipinski definition) is 5. The molecule has 7 nitrogen and oxygen atoms in total. The fourth-order valence-corrected chi connectivity index (χ4v) is 7.42. The Labute approximate surface area is 217 Å². The Bertz CT molecular complexity index is 1300. The number of quaternary nitrogens is 1. The summed E-state index contributed by atoms with van der Waals surface area (Å²) in [6.07, 6.45) is 4.05. The van der Waals surface area contributed by atoms with Crippen LogP contribution in [0.25, 0.3) is 11.3 Å². The standard InChI is InChI=1S/C27H34N4O3S2/c32-36(33,30-13-6-1-2-7-14-30)25-12-8-9-23(21-25)26-22-35-27(28-24-10-4-3-5-11-24)31(26)16-15-29-17-19-34-20-18-29/h3-5,8-12,21-22H,1-2,6-7,13-20H2/p+1. The molecule has 0 atom stereocenters. The molecule has 36 heavy (non-hydrogen) atoms. The van der Waals surface area contributed by atoms with Crippen LogP contribution in [0.3, 0.4) is 0 Å². The Kier molecular flexibility index (Phi) is 8.33. The van der Waals surface area contributed by atoms with Gasteiger partial charge in [0.25, 0.3) is 0 Å². The first-order valence-electron chi connectivity index (χ1n) is 12.9. The Balaban J connectivity index is 1.49. The Hall–Kier alpha value is -2.30. The van der Waals surface area contributed by atoms with E-state index in [1.165, 1.54) is 4.90 Å². The first kappa shape index (κ1) is 25.4. The molecular weight excluding hydrogens is 492 g/mol. The molecule has 0 amide bonds. The maximum atomic E-state index is 13.5. The predicted molar refractivity (Wildman–Crippen MR) is 143 cm³/mol. The van der Waals surface area contributed by atoms with Crippen LogP contribution >= 0.6 is 11.3 Å². The summed E-state index contributed by atoms with van der Waals surface area (Å²) in [7, 11) is -3.51. The number of hydrogen-bond donors (Lipinski definition) is 1. The molecule has 2 aliphatic rings. The van der Waals surface area contributed by atoms with E-state index in [1.807, 2.05) is 48.5 Å². The Morgan fingerprint density at radius 2 is 1.69 bits per heavy atom. The van der Waals surface area contributed by atoms with Gasteiger partial charge in [0.15, 0.2) is 4.80 Å². The van der Waals surface area contributed by atoms with Gasteiger partial charge >= 0.3 is 0 Å². The number of aromatic nitrogens is 1. The highest BCUT2D eigenvalue weighted by atomic mass is 32.2. The summed E-state index contributed by atoms with van der Waals surface area (Å²) in [5.74, 6) is 0. The first-order valence-corrected chi connectivity index (χ1v) is 15.2. The second-order valence-corrected chi connectivity index (χ2v) is 12.2. The van der Waals surface area contributed by atoms with Crippen LogP contribution in [0.15, 0.2) is 69.9 Å². The topological polar surface area (TPSA) is 68.3 Å². The van der Waals surface area contributed by atoms with Gasteiger partial charge in [-0.15, -0.1) is 11.3 Å². The van der Waals surface area contributed by atoms with Gasteiger partial charge in [-0.25, -0.2) is 13.4 Å². The molecule has 1 N–H and O–H groups in total. The van der Waals surface area contributed by atoms with Crippen molar-refractivity contribution in [3.8, 4) is 11.3 Å². The molecule has 0 spiro atoms. The molecule has 2 fully saturated rings. The molecule has 0 bridgehead atoms. The van der Waals surface area contributed by atoms with Crippen LogP contribution in [0, 0.1) is 0 Å². The molecule has 5 rings (SSSR count). The predicted octanol–water partition coefficient (Wildman–Crippen LogP) is 2.93. The van der Waals surface area contributed by atoms with E-state index in [4.69, 9.17) is 9.73 Å². The van der Waals surface area contributed by atoms with Gasteiger partial charge in [-0.05, 0) is 37.1 Å². The number of morpholine rings is 1. The first-order chi connectivity index (χ1) is 17.6. The highest BCUT2D eigenvalue weighted by Gasteiger charge is 2.26. The summed E-state index contributed by atoms with van der Waals surface area (Å²) in [6.45, 7) is 6.61. The van der Waals surface area contributed by atoms with Crippen molar-refractivity contribution in [1.82, 2.24) is 8.87 Å². The molecule has 0 aliphatic carbocycles. The summed E-state index contributed by atoms with van der Waals surface area (Å²) in [5, 5.41) is 2.11. The summed E-state index contributed by atoms with van der Waals surface area (Å²) in [4.78, 5) is 7.75. The lowest BCUT2D eigenvalue weighted by Crippen LogP contribution is -3.14. The molecule has 0 saturated carbocycles. The van der Waals surface area contributed by atoms with E-state index in [-0.39, 0.29) is 0 Å². The third-order valence-electron chi connectivity index (χ3n) is 7.00. The molecule has 2 aromatic carbocycles. The smallest absolute Gasteiger partial charge is 0.243 e. The summed E-state index contributed by atoms with van der Waals surface area (Å²) >= 11 is 1.60. The van der Waals surface area contributed by atoms with Gasteiger partial charge in [0.2, 0.25) is 10.0 Å². The van der Waals surface area contributed by atoms with E-state index in [9.17, 15) is 8.42 Å². The van der Waals surface area contributed by atoms with Crippen molar-refractivity contribution in [2.24, 2.45) is 4.99 Å². The highest BCUT2D eigenvalue weighted by Crippen LogP contribution is 2.26. The van der Waals surface area contributed by atoms with Crippen LogP contribution in [0.4, 0.5) is 5.69 Å². The van der Waals surface area contributed by atoms with Crippen molar-refractivity contribution in [2.75, 3.05) is 45.9 Å². The largest absolute Gasteiger partial charge is 0.370 e. The third kappa shape index (κ3) is 5.98. The fourth-order valence-electron chi connectivity index (χ4n) is 4.91. The van der Waals surface area contributed by atoms with Gasteiger partial charge in [0, 0.05) is 24.0 Å². The molecule has 2 saturated heterocycles. The zero-order chi connectivity index (χ0) is 24.8. The summed E-state index contributed by atoms with van der Waals surface area (Å²) in [6, 6.07) is 17.4. The minimum Gasteiger partial charge on any atom is -0.370 e. The number of sulfonamides is 1. The molecule has 2 aliphatic heterocycles. The number of thiazole rings is 1. The summed E-state index contributed by atoms with van der Waals surface area (Å²) < 4.78 is 36.4. The third-order valence-corrected chi connectivity index (χ3v) is 9.76. The zero-order valence-corrected chi connectivity index (χ0v) is 22.3. The van der Waals surface area contributed by atoms with E-state index < -0.39 is 10.0 Å². The SMILES string of the molecule is O=S(=O)(c1cccc(-c2csc(=Nc3ccccc3)n2CC[NH+]2CCOCC2)c1)N1CCCCCC1. The number of nitrogens with one attached hydrogen (secondary N) is 1. The van der Waals surface area contributed by atoms with Crippen molar-refractivity contribution in [2.45, 2.75) is 37.1 Å². The van der Waals surface area contributed by atoms with E-state index >= 15 is 0 Å². The molecule has 9 heteroatoms. The summed E-state index contributed by atoms with van der Waals surface area (Å²) in [5.41, 5.74) is 2.83. The van der Waals surface area contributed by atoms with Crippen LogP contribution in [0.2, 0.25) is 0 Å². The molecule has 1 aromatic heterocycles. The van der Waals surface area contributed by atoms with E-state index in [0.29, 0.717) is 18.0 Å². The van der Waals surface area contributed by atoms with E-state index in [0.717, 1.165) is 86.8 Å². The second kappa shape index (κ2) is 11.8. The van der Waals surface area contributed by atoms with Gasteiger partial charge in [0.1, 0.15) is 13.1 Å². The van der Waals surface area contributed by atoms with Crippen molar-refractivity contribution in [3.63, 3.8) is 0 Å². The maximum absolute atomic E-state index is 13.5. The van der Waals surface area contributed by atoms with Crippen LogP contribution in [-0.4, -0.2) is 63.2 Å². The van der Waals surface area contributed by atoms with Gasteiger partial charge in [-0.1, -0.05) is 43.2 Å². The van der Waals surface area contributed by atoms with Crippen molar-refractivity contribution < 1.29 is 18.1 Å². The number of nitrogens with zero attached hydrogens (tertiary/aromatic N) is 3. The van der Waals surface area contributed by atoms with Crippen LogP contribution in [0.5, 0.6) is 0 Å². The lowest BCUT2D eigenvalue weighted by Gasteiger charge is -2.24. The number of rotatable bonds is 7. The lowest BCUT2D eigenvalue weighted by molar-refractivity contribution is -0.908. The quantitative estimate of drug-likeness (QED) is 0.514. The molecule has 192 valence electrons. The van der Waals surface area contributed by atoms with Crippen molar-refractivity contribution in [1.29, 1.82) is 0 Å². The number of benzene rings is 2. The Morgan fingerprint density at radius 1 is 0.944 bits per heavy atom. The van der Waals surface area contributed by atoms with Crippen LogP contribution < -0.4 is 9.70 Å². The maximum Gasteiger partial charge on any atom is 0.243 e. The molecule has 0 radical (unpaired) electrons. The van der Waals surface area contributed by atoms with E-state index in [2.05, 4.69) is 9.95 Å². The molecule has 3 heterocycles. The van der Waals surface area contributed by atoms with Crippen molar-refractivity contribution in [3.05, 3.63) is 64.8 Å². The van der Waals surface area contributed by atoms with Gasteiger partial charge in [-0.2, -0.15) is 4.31 Å². The average molecular weight is 528 g/mol. The number of ether oxygens (including phenoxy) is 1. The minimum absolute atomic E-state index is 0.375. The lowest BCUT2D eigenvalue weighted by atomic mass is 10.2. The zero-order valence-electron chi connectivity index (χ0n) is 20.6. The van der Waals surface area contributed by atoms with Gasteiger partial charge in [-0.3, -0.25) is 0 Å². The molecule has 0 unspecified atom stereocenters. The molecule has 3 aromatic rings. The Morgan fingerprint density at radius 3 is 2.44 bits per heavy atom. The monoisotopic (exact) mass is 527 g/mol. The van der Waals surface area contributed by atoms with Crippen molar-refractivity contribution >= 4 is 27.0 Å². The highest BCUT2D eigenvalue weighted by molar-refractivity contribution is 7.89. The number of para-hydroxylation sites is 1. The minimum atomic E-state index is -3.51. The molecular formula is C27H35N4O3S2+. The second-order valence-electron chi connectivity index (χ2n) is 9.46. The van der Waals surface area contributed by atoms with Gasteiger partial charge < -0.3 is 14.2 Å². The van der Waals surface area contributed by atoms with Crippen LogP contribution in [0.1, 0.15) is 25.7 Å². The average Bonchev–Trinajstić information content (AvgIpc) is 3.11. The fraction of sp³-hybridized carbons (Fsp3) is 0.444. The normalized spacial score (nSPS) is 18.8. The van der Waals surface area contributed by atoms with Crippen LogP contribution in [-0.2, 0) is 21.3 Å². The van der Waals surface area contributed by atoms with Gasteiger partial charge in [0.05, 0.1) is 42.6 Å². The van der Waals surface area contributed by atoms with E-state index in [1.54, 1.807) is 21.7 Å².